The summed E-state index contributed by atoms with van der Waals surface area (Å²) in [6.45, 7) is 0. The van der Waals surface area contributed by atoms with Crippen molar-refractivity contribution in [1.82, 2.24) is 14.8 Å². The van der Waals surface area contributed by atoms with Crippen molar-refractivity contribution in [2.75, 3.05) is 5.73 Å². The minimum absolute atomic E-state index is 0.335. The standard InChI is InChI=1S/C10H12N4OS/c1-14-6-4-8(13-14)7-16(15)10-9(11)3-2-5-12-10/h2-6H,7,11H2,1H3. The maximum atomic E-state index is 12.0. The van der Waals surface area contributed by atoms with Crippen molar-refractivity contribution in [2.45, 2.75) is 10.8 Å². The van der Waals surface area contributed by atoms with Crippen LogP contribution in [0.3, 0.4) is 0 Å². The Kier molecular flexibility index (Phi) is 3.00. The molecule has 0 spiro atoms. The van der Waals surface area contributed by atoms with Crippen molar-refractivity contribution in [3.8, 4) is 0 Å². The molecular weight excluding hydrogens is 224 g/mol. The van der Waals surface area contributed by atoms with E-state index in [0.29, 0.717) is 16.5 Å². The SMILES string of the molecule is Cn1ccc(CS(=O)c2ncccc2N)n1. The molecule has 6 heteroatoms. The van der Waals surface area contributed by atoms with Crippen LogP contribution >= 0.6 is 0 Å². The highest BCUT2D eigenvalue weighted by Crippen LogP contribution is 2.14. The molecule has 2 rings (SSSR count). The number of aryl methyl sites for hydroxylation is 1. The first kappa shape index (κ1) is 10.8. The normalized spacial score (nSPS) is 12.6. The smallest absolute Gasteiger partial charge is 0.150 e. The Hall–Kier alpha value is -1.69. The first-order valence-corrected chi connectivity index (χ1v) is 6.06. The van der Waals surface area contributed by atoms with Crippen LogP contribution in [0.2, 0.25) is 0 Å². The van der Waals surface area contributed by atoms with Crippen molar-refractivity contribution >= 4 is 16.5 Å². The van der Waals surface area contributed by atoms with E-state index in [0.717, 1.165) is 5.69 Å². The molecule has 0 bridgehead atoms. The molecule has 0 aliphatic heterocycles. The first-order chi connectivity index (χ1) is 7.66. The molecule has 2 aromatic rings. The van der Waals surface area contributed by atoms with Crippen LogP contribution < -0.4 is 5.73 Å². The molecule has 2 aromatic heterocycles. The molecule has 0 saturated heterocycles. The number of anilines is 1. The fourth-order valence-corrected chi connectivity index (χ4v) is 2.40. The van der Waals surface area contributed by atoms with E-state index in [4.69, 9.17) is 5.73 Å². The second-order valence-electron chi connectivity index (χ2n) is 3.37. The summed E-state index contributed by atoms with van der Waals surface area (Å²) < 4.78 is 13.6. The molecular formula is C10H12N4OS. The summed E-state index contributed by atoms with van der Waals surface area (Å²) in [5.41, 5.74) is 6.92. The van der Waals surface area contributed by atoms with Gasteiger partial charge in [0.25, 0.3) is 0 Å². The van der Waals surface area contributed by atoms with Gasteiger partial charge in [-0.05, 0) is 18.2 Å². The van der Waals surface area contributed by atoms with Crippen LogP contribution in [0.25, 0.3) is 0 Å². The van der Waals surface area contributed by atoms with Crippen LogP contribution in [-0.2, 0) is 23.6 Å². The van der Waals surface area contributed by atoms with Gasteiger partial charge in [0.05, 0.1) is 27.9 Å². The van der Waals surface area contributed by atoms with Crippen LogP contribution in [0.5, 0.6) is 0 Å². The lowest BCUT2D eigenvalue weighted by Gasteiger charge is -2.02. The maximum Gasteiger partial charge on any atom is 0.150 e. The third-order valence-corrected chi connectivity index (χ3v) is 3.39. The Morgan fingerprint density at radius 2 is 2.31 bits per heavy atom. The highest BCUT2D eigenvalue weighted by atomic mass is 32.2. The largest absolute Gasteiger partial charge is 0.396 e. The fourth-order valence-electron chi connectivity index (χ4n) is 1.34. The van der Waals surface area contributed by atoms with E-state index in [1.165, 1.54) is 0 Å². The lowest BCUT2D eigenvalue weighted by atomic mass is 10.4. The van der Waals surface area contributed by atoms with Gasteiger partial charge >= 0.3 is 0 Å². The van der Waals surface area contributed by atoms with Gasteiger partial charge in [-0.2, -0.15) is 5.10 Å². The zero-order valence-electron chi connectivity index (χ0n) is 8.83. The van der Waals surface area contributed by atoms with Crippen LogP contribution in [0.15, 0.2) is 35.6 Å². The van der Waals surface area contributed by atoms with Gasteiger partial charge in [-0.1, -0.05) is 0 Å². The van der Waals surface area contributed by atoms with Gasteiger partial charge in [-0.3, -0.25) is 8.89 Å². The van der Waals surface area contributed by atoms with Crippen LogP contribution in [0, 0.1) is 0 Å². The Labute approximate surface area is 95.8 Å². The van der Waals surface area contributed by atoms with E-state index in [2.05, 4.69) is 10.1 Å². The van der Waals surface area contributed by atoms with Crippen molar-refractivity contribution in [1.29, 1.82) is 0 Å². The van der Waals surface area contributed by atoms with Gasteiger partial charge < -0.3 is 5.73 Å². The molecule has 1 unspecified atom stereocenters. The second kappa shape index (κ2) is 4.44. The van der Waals surface area contributed by atoms with Gasteiger partial charge in [0, 0.05) is 19.4 Å². The number of hydrogen-bond acceptors (Lipinski definition) is 4. The summed E-state index contributed by atoms with van der Waals surface area (Å²) in [5.74, 6) is 0.335. The summed E-state index contributed by atoms with van der Waals surface area (Å²) in [6.07, 6.45) is 3.40. The predicted molar refractivity (Wildman–Crippen MR) is 62.0 cm³/mol. The molecule has 0 aliphatic carbocycles. The van der Waals surface area contributed by atoms with Crippen molar-refractivity contribution < 1.29 is 4.21 Å². The van der Waals surface area contributed by atoms with Crippen LogP contribution in [0.1, 0.15) is 5.69 Å². The second-order valence-corrected chi connectivity index (χ2v) is 4.73. The van der Waals surface area contributed by atoms with Gasteiger partial charge in [0.2, 0.25) is 0 Å². The zero-order valence-corrected chi connectivity index (χ0v) is 9.65. The summed E-state index contributed by atoms with van der Waals surface area (Å²) in [5, 5.41) is 4.59. The number of rotatable bonds is 3. The van der Waals surface area contributed by atoms with Crippen LogP contribution in [-0.4, -0.2) is 19.0 Å². The van der Waals surface area contributed by atoms with Gasteiger partial charge in [-0.25, -0.2) is 4.98 Å². The lowest BCUT2D eigenvalue weighted by Crippen LogP contribution is -2.04. The fraction of sp³-hybridized carbons (Fsp3) is 0.200. The molecule has 2 heterocycles. The van der Waals surface area contributed by atoms with Crippen molar-refractivity contribution in [3.63, 3.8) is 0 Å². The highest BCUT2D eigenvalue weighted by molar-refractivity contribution is 7.84. The summed E-state index contributed by atoms with van der Waals surface area (Å²) in [6, 6.07) is 5.24. The van der Waals surface area contributed by atoms with Crippen LogP contribution in [0.4, 0.5) is 5.69 Å². The molecule has 0 fully saturated rings. The quantitative estimate of drug-likeness (QED) is 0.851. The van der Waals surface area contributed by atoms with E-state index in [9.17, 15) is 4.21 Å². The molecule has 16 heavy (non-hydrogen) atoms. The molecule has 0 aliphatic rings. The van der Waals surface area contributed by atoms with Crippen molar-refractivity contribution in [2.24, 2.45) is 7.05 Å². The number of nitrogens with zero attached hydrogens (tertiary/aromatic N) is 3. The maximum absolute atomic E-state index is 12.0. The minimum atomic E-state index is -1.24. The van der Waals surface area contributed by atoms with E-state index in [1.807, 2.05) is 19.3 Å². The number of hydrogen-bond donors (Lipinski definition) is 1. The average molecular weight is 236 g/mol. The Morgan fingerprint density at radius 3 is 2.94 bits per heavy atom. The molecule has 84 valence electrons. The predicted octanol–water partition coefficient (Wildman–Crippen LogP) is 0.705. The van der Waals surface area contributed by atoms with Gasteiger partial charge in [-0.15, -0.1) is 0 Å². The summed E-state index contributed by atoms with van der Waals surface area (Å²) in [7, 11) is 0.576. The zero-order chi connectivity index (χ0) is 11.5. The Bertz CT molecular complexity index is 523. The molecule has 2 N–H and O–H groups in total. The molecule has 0 aromatic carbocycles. The summed E-state index contributed by atoms with van der Waals surface area (Å²) in [4.78, 5) is 4.02. The van der Waals surface area contributed by atoms with E-state index < -0.39 is 10.8 Å². The number of nitrogen functional groups attached to an aromatic ring is 1. The van der Waals surface area contributed by atoms with E-state index in [1.54, 1.807) is 23.0 Å². The van der Waals surface area contributed by atoms with Gasteiger partial charge in [0.15, 0.2) is 0 Å². The third-order valence-electron chi connectivity index (χ3n) is 2.06. The van der Waals surface area contributed by atoms with E-state index in [-0.39, 0.29) is 0 Å². The number of nitrogens with two attached hydrogens (primary N) is 1. The van der Waals surface area contributed by atoms with Gasteiger partial charge in [0.1, 0.15) is 5.03 Å². The third kappa shape index (κ3) is 2.27. The average Bonchev–Trinajstić information content (AvgIpc) is 2.64. The molecule has 1 atom stereocenters. The number of aromatic nitrogens is 3. The Balaban J connectivity index is 2.18. The monoisotopic (exact) mass is 236 g/mol. The summed E-state index contributed by atoms with van der Waals surface area (Å²) >= 11 is 0. The molecule has 0 amide bonds. The molecule has 0 saturated carbocycles. The molecule has 0 radical (unpaired) electrons. The minimum Gasteiger partial charge on any atom is -0.396 e. The lowest BCUT2D eigenvalue weighted by molar-refractivity contribution is 0.678. The van der Waals surface area contributed by atoms with E-state index >= 15 is 0 Å². The molecule has 5 nitrogen and oxygen atoms in total. The number of pyridine rings is 1. The Morgan fingerprint density at radius 1 is 1.50 bits per heavy atom. The highest BCUT2D eigenvalue weighted by Gasteiger charge is 2.11. The first-order valence-electron chi connectivity index (χ1n) is 4.74. The van der Waals surface area contributed by atoms with Crippen molar-refractivity contribution in [3.05, 3.63) is 36.3 Å². The topological polar surface area (TPSA) is 73.8 Å².